The van der Waals surface area contributed by atoms with E-state index in [1.54, 1.807) is 0 Å². The number of nitrogens with zero attached hydrogens (tertiary/aromatic N) is 1. The van der Waals surface area contributed by atoms with Crippen molar-refractivity contribution in [2.45, 2.75) is 25.7 Å². The summed E-state index contributed by atoms with van der Waals surface area (Å²) in [5.41, 5.74) is 7.33. The monoisotopic (exact) mass is 202 g/mol. The first kappa shape index (κ1) is 10.2. The summed E-state index contributed by atoms with van der Waals surface area (Å²) in [5, 5.41) is 0. The topological polar surface area (TPSA) is 38.4 Å². The van der Waals surface area contributed by atoms with Crippen LogP contribution in [0.4, 0.5) is 0 Å². The lowest BCUT2D eigenvalue weighted by molar-refractivity contribution is 0.343. The molecule has 0 amide bonds. The maximum atomic E-state index is 5.84. The Balaban J connectivity index is 2.38. The molecule has 0 radical (unpaired) electrons. The van der Waals surface area contributed by atoms with Crippen molar-refractivity contribution in [1.82, 2.24) is 0 Å². The van der Waals surface area contributed by atoms with Gasteiger partial charge in [-0.15, -0.1) is 0 Å². The molecule has 2 N–H and O–H groups in total. The van der Waals surface area contributed by atoms with E-state index in [1.165, 1.54) is 5.56 Å². The van der Waals surface area contributed by atoms with Gasteiger partial charge in [-0.1, -0.05) is 44.2 Å². The Hall–Kier alpha value is -1.31. The zero-order chi connectivity index (χ0) is 10.9. The van der Waals surface area contributed by atoms with Gasteiger partial charge in [-0.25, -0.2) is 0 Å². The normalized spacial score (nSPS) is 25.7. The second-order valence-electron chi connectivity index (χ2n) is 4.66. The molecule has 80 valence electrons. The summed E-state index contributed by atoms with van der Waals surface area (Å²) >= 11 is 0. The van der Waals surface area contributed by atoms with E-state index in [9.17, 15) is 0 Å². The van der Waals surface area contributed by atoms with Crippen LogP contribution >= 0.6 is 0 Å². The molecule has 1 aliphatic heterocycles. The van der Waals surface area contributed by atoms with Crippen LogP contribution < -0.4 is 5.73 Å². The molecule has 15 heavy (non-hydrogen) atoms. The predicted molar refractivity (Wildman–Crippen MR) is 64.1 cm³/mol. The summed E-state index contributed by atoms with van der Waals surface area (Å²) in [6, 6.07) is 10.6. The summed E-state index contributed by atoms with van der Waals surface area (Å²) in [7, 11) is 0. The first-order valence-corrected chi connectivity index (χ1v) is 5.49. The molecule has 2 rings (SSSR count). The van der Waals surface area contributed by atoms with Gasteiger partial charge in [0.15, 0.2) is 0 Å². The van der Waals surface area contributed by atoms with Crippen LogP contribution in [0.3, 0.4) is 0 Å². The third kappa shape index (κ3) is 1.65. The van der Waals surface area contributed by atoms with Crippen LogP contribution in [0.2, 0.25) is 0 Å². The van der Waals surface area contributed by atoms with Crippen molar-refractivity contribution in [3.63, 3.8) is 0 Å². The Bertz CT molecular complexity index is 367. The molecule has 0 saturated heterocycles. The zero-order valence-corrected chi connectivity index (χ0v) is 9.40. The van der Waals surface area contributed by atoms with Crippen LogP contribution in [0.1, 0.15) is 25.8 Å². The molecule has 0 spiro atoms. The summed E-state index contributed by atoms with van der Waals surface area (Å²) in [4.78, 5) is 4.38. The van der Waals surface area contributed by atoms with Crippen molar-refractivity contribution in [1.29, 1.82) is 0 Å². The number of amidine groups is 1. The summed E-state index contributed by atoms with van der Waals surface area (Å²) in [6.07, 6.45) is 0.898. The quantitative estimate of drug-likeness (QED) is 0.785. The van der Waals surface area contributed by atoms with E-state index in [0.717, 1.165) is 18.8 Å². The summed E-state index contributed by atoms with van der Waals surface area (Å²) < 4.78 is 0. The smallest absolute Gasteiger partial charge is 0.0947 e. The fourth-order valence-electron chi connectivity index (χ4n) is 2.36. The molecule has 0 aliphatic carbocycles. The second kappa shape index (κ2) is 3.69. The lowest BCUT2D eigenvalue weighted by Gasteiger charge is -2.33. The van der Waals surface area contributed by atoms with E-state index < -0.39 is 0 Å². The van der Waals surface area contributed by atoms with Gasteiger partial charge < -0.3 is 5.73 Å². The standard InChI is InChI=1S/C13H18N2/c1-10(2)13(8-12(14)15-9-13)11-6-4-3-5-7-11/h3-7,10H,8-9H2,1-2H3,(H2,14,15). The molecule has 1 unspecified atom stereocenters. The van der Waals surface area contributed by atoms with Gasteiger partial charge in [0.2, 0.25) is 0 Å². The predicted octanol–water partition coefficient (Wildman–Crippen LogP) is 2.34. The minimum atomic E-state index is 0.130. The molecule has 1 atom stereocenters. The van der Waals surface area contributed by atoms with Crippen molar-refractivity contribution in [3.8, 4) is 0 Å². The molecule has 0 saturated carbocycles. The Labute approximate surface area is 91.2 Å². The van der Waals surface area contributed by atoms with Crippen molar-refractivity contribution >= 4 is 5.84 Å². The number of nitrogens with two attached hydrogens (primary N) is 1. The van der Waals surface area contributed by atoms with Crippen LogP contribution in [-0.4, -0.2) is 12.4 Å². The van der Waals surface area contributed by atoms with Gasteiger partial charge in [-0.05, 0) is 11.5 Å². The van der Waals surface area contributed by atoms with E-state index in [2.05, 4.69) is 49.2 Å². The molecule has 1 aromatic carbocycles. The van der Waals surface area contributed by atoms with Crippen LogP contribution in [0.25, 0.3) is 0 Å². The van der Waals surface area contributed by atoms with Gasteiger partial charge in [-0.3, -0.25) is 4.99 Å². The van der Waals surface area contributed by atoms with Crippen LogP contribution in [-0.2, 0) is 5.41 Å². The van der Waals surface area contributed by atoms with Gasteiger partial charge in [0.25, 0.3) is 0 Å². The number of benzene rings is 1. The highest BCUT2D eigenvalue weighted by atomic mass is 14.9. The molecule has 1 heterocycles. The van der Waals surface area contributed by atoms with Crippen molar-refractivity contribution in [2.75, 3.05) is 6.54 Å². The van der Waals surface area contributed by atoms with Gasteiger partial charge in [0.1, 0.15) is 0 Å². The Morgan fingerprint density at radius 3 is 2.40 bits per heavy atom. The Kier molecular flexibility index (Phi) is 2.51. The molecular weight excluding hydrogens is 184 g/mol. The van der Waals surface area contributed by atoms with Crippen LogP contribution in [0, 0.1) is 5.92 Å². The highest BCUT2D eigenvalue weighted by Gasteiger charge is 2.39. The molecule has 1 aliphatic rings. The van der Waals surface area contributed by atoms with Crippen molar-refractivity contribution in [3.05, 3.63) is 35.9 Å². The molecular formula is C13H18N2. The van der Waals surface area contributed by atoms with E-state index in [-0.39, 0.29) is 5.41 Å². The van der Waals surface area contributed by atoms with E-state index in [1.807, 2.05) is 0 Å². The fraction of sp³-hybridized carbons (Fsp3) is 0.462. The van der Waals surface area contributed by atoms with E-state index >= 15 is 0 Å². The van der Waals surface area contributed by atoms with Crippen LogP contribution in [0.5, 0.6) is 0 Å². The zero-order valence-electron chi connectivity index (χ0n) is 9.40. The second-order valence-corrected chi connectivity index (χ2v) is 4.66. The highest BCUT2D eigenvalue weighted by molar-refractivity contribution is 5.84. The maximum Gasteiger partial charge on any atom is 0.0947 e. The van der Waals surface area contributed by atoms with Gasteiger partial charge in [0.05, 0.1) is 12.4 Å². The number of rotatable bonds is 2. The molecule has 1 aromatic rings. The molecule has 0 aromatic heterocycles. The van der Waals surface area contributed by atoms with Gasteiger partial charge in [0, 0.05) is 11.8 Å². The van der Waals surface area contributed by atoms with Crippen LogP contribution in [0.15, 0.2) is 35.3 Å². The molecule has 0 bridgehead atoms. The highest BCUT2D eigenvalue weighted by Crippen LogP contribution is 2.39. The van der Waals surface area contributed by atoms with Gasteiger partial charge >= 0.3 is 0 Å². The summed E-state index contributed by atoms with van der Waals surface area (Å²) in [5.74, 6) is 1.36. The molecule has 2 nitrogen and oxygen atoms in total. The number of aliphatic imine (C=N–C) groups is 1. The molecule has 2 heteroatoms. The maximum absolute atomic E-state index is 5.84. The first-order chi connectivity index (χ1) is 7.15. The average Bonchev–Trinajstić information content (AvgIpc) is 2.63. The minimum absolute atomic E-state index is 0.130. The molecule has 0 fully saturated rings. The van der Waals surface area contributed by atoms with Gasteiger partial charge in [-0.2, -0.15) is 0 Å². The number of hydrogen-bond donors (Lipinski definition) is 1. The lowest BCUT2D eigenvalue weighted by atomic mass is 9.70. The summed E-state index contributed by atoms with van der Waals surface area (Å²) in [6.45, 7) is 5.34. The van der Waals surface area contributed by atoms with Crippen molar-refractivity contribution < 1.29 is 0 Å². The Morgan fingerprint density at radius 1 is 1.27 bits per heavy atom. The van der Waals surface area contributed by atoms with E-state index in [0.29, 0.717) is 5.92 Å². The first-order valence-electron chi connectivity index (χ1n) is 5.49. The minimum Gasteiger partial charge on any atom is -0.387 e. The SMILES string of the molecule is CC(C)C1(c2ccccc2)CN=C(N)C1. The number of hydrogen-bond acceptors (Lipinski definition) is 2. The van der Waals surface area contributed by atoms with Crippen molar-refractivity contribution in [2.24, 2.45) is 16.6 Å². The third-order valence-corrected chi connectivity index (χ3v) is 3.51. The van der Waals surface area contributed by atoms with E-state index in [4.69, 9.17) is 5.73 Å². The fourth-order valence-corrected chi connectivity index (χ4v) is 2.36. The lowest BCUT2D eigenvalue weighted by Crippen LogP contribution is -2.34. The average molecular weight is 202 g/mol. The third-order valence-electron chi connectivity index (χ3n) is 3.51. The largest absolute Gasteiger partial charge is 0.387 e. The Morgan fingerprint density at radius 2 is 1.93 bits per heavy atom.